The number of aromatic hydroxyl groups is 1. The van der Waals surface area contributed by atoms with Crippen LogP contribution in [0.5, 0.6) is 5.75 Å². The topological polar surface area (TPSA) is 74.5 Å². The quantitative estimate of drug-likeness (QED) is 0.774. The van der Waals surface area contributed by atoms with Crippen LogP contribution in [-0.4, -0.2) is 24.2 Å². The minimum absolute atomic E-state index is 0.155. The molecular weight excluding hydrogens is 244 g/mol. The number of urea groups is 1. The molecule has 5 heteroatoms. The Kier molecular flexibility index (Phi) is 4.28. The first kappa shape index (κ1) is 13.3. The lowest BCUT2D eigenvalue weighted by Gasteiger charge is -2.05. The van der Waals surface area contributed by atoms with Crippen LogP contribution in [0.4, 0.5) is 4.79 Å². The van der Waals surface area contributed by atoms with Gasteiger partial charge in [-0.25, -0.2) is 4.79 Å². The van der Waals surface area contributed by atoms with Gasteiger partial charge in [0, 0.05) is 24.0 Å². The van der Waals surface area contributed by atoms with Gasteiger partial charge in [0.15, 0.2) is 0 Å². The summed E-state index contributed by atoms with van der Waals surface area (Å²) >= 11 is 0. The van der Waals surface area contributed by atoms with E-state index in [0.29, 0.717) is 19.5 Å². The second kappa shape index (κ2) is 6.13. The Hall–Kier alpha value is -2.17. The zero-order chi connectivity index (χ0) is 13.7. The Balaban J connectivity index is 1.91. The Morgan fingerprint density at radius 1 is 1.32 bits per heavy atom. The van der Waals surface area contributed by atoms with Crippen molar-refractivity contribution in [2.24, 2.45) is 0 Å². The van der Waals surface area contributed by atoms with Gasteiger partial charge in [-0.05, 0) is 31.0 Å². The van der Waals surface area contributed by atoms with Crippen molar-refractivity contribution in [1.29, 1.82) is 0 Å². The van der Waals surface area contributed by atoms with Gasteiger partial charge in [-0.2, -0.15) is 0 Å². The number of nitrogens with one attached hydrogen (secondary N) is 2. The van der Waals surface area contributed by atoms with Crippen LogP contribution in [0.25, 0.3) is 11.0 Å². The molecule has 1 aromatic heterocycles. The molecule has 3 N–H and O–H groups in total. The van der Waals surface area contributed by atoms with Crippen LogP contribution in [0, 0.1) is 0 Å². The predicted octanol–water partition coefficient (Wildman–Crippen LogP) is 2.39. The molecule has 0 aliphatic rings. The van der Waals surface area contributed by atoms with Gasteiger partial charge in [-0.15, -0.1) is 0 Å². The number of hydrogen-bond acceptors (Lipinski definition) is 3. The van der Waals surface area contributed by atoms with Crippen LogP contribution in [-0.2, 0) is 6.42 Å². The summed E-state index contributed by atoms with van der Waals surface area (Å²) in [5.74, 6) is 0.212. The molecule has 1 heterocycles. The molecule has 0 saturated carbocycles. The lowest BCUT2D eigenvalue weighted by Crippen LogP contribution is -2.36. The lowest BCUT2D eigenvalue weighted by atomic mass is 10.1. The highest BCUT2D eigenvalue weighted by atomic mass is 16.3. The number of rotatable bonds is 5. The largest absolute Gasteiger partial charge is 0.508 e. The molecule has 2 aromatic rings. The molecule has 5 nitrogen and oxygen atoms in total. The monoisotopic (exact) mass is 262 g/mol. The van der Waals surface area contributed by atoms with E-state index in [4.69, 9.17) is 4.42 Å². The summed E-state index contributed by atoms with van der Waals surface area (Å²) in [5, 5.41) is 15.9. The van der Waals surface area contributed by atoms with E-state index < -0.39 is 0 Å². The molecule has 0 aliphatic heterocycles. The third-order valence-electron chi connectivity index (χ3n) is 2.85. The molecule has 102 valence electrons. The summed E-state index contributed by atoms with van der Waals surface area (Å²) < 4.78 is 5.39. The number of carbonyl (C=O) groups excluding carboxylic acids is 1. The van der Waals surface area contributed by atoms with Crippen molar-refractivity contribution in [1.82, 2.24) is 10.6 Å². The zero-order valence-electron chi connectivity index (χ0n) is 10.9. The van der Waals surface area contributed by atoms with E-state index in [1.165, 1.54) is 0 Å². The summed E-state index contributed by atoms with van der Waals surface area (Å²) in [6.07, 6.45) is 3.24. The Labute approximate surface area is 111 Å². The Morgan fingerprint density at radius 3 is 2.89 bits per heavy atom. The summed E-state index contributed by atoms with van der Waals surface area (Å²) in [4.78, 5) is 11.4. The van der Waals surface area contributed by atoms with Crippen molar-refractivity contribution < 1.29 is 14.3 Å². The first-order valence-corrected chi connectivity index (χ1v) is 6.41. The second-order valence-electron chi connectivity index (χ2n) is 4.37. The fourth-order valence-electron chi connectivity index (χ4n) is 1.88. The number of carbonyl (C=O) groups is 1. The molecule has 1 aromatic carbocycles. The van der Waals surface area contributed by atoms with E-state index in [1.54, 1.807) is 24.5 Å². The van der Waals surface area contributed by atoms with E-state index in [2.05, 4.69) is 10.6 Å². The molecule has 0 spiro atoms. The fraction of sp³-hybridized carbons (Fsp3) is 0.357. The van der Waals surface area contributed by atoms with Gasteiger partial charge in [0.2, 0.25) is 0 Å². The highest BCUT2D eigenvalue weighted by molar-refractivity contribution is 5.82. The minimum atomic E-state index is -0.155. The third-order valence-corrected chi connectivity index (χ3v) is 2.85. The molecule has 2 amide bonds. The maximum Gasteiger partial charge on any atom is 0.314 e. The average Bonchev–Trinajstić information content (AvgIpc) is 2.79. The van der Waals surface area contributed by atoms with Crippen molar-refractivity contribution >= 4 is 17.0 Å². The number of benzene rings is 1. The van der Waals surface area contributed by atoms with E-state index in [0.717, 1.165) is 23.0 Å². The third kappa shape index (κ3) is 3.40. The molecule has 0 unspecified atom stereocenters. The summed E-state index contributed by atoms with van der Waals surface area (Å²) in [5.41, 5.74) is 1.71. The number of hydrogen-bond donors (Lipinski definition) is 3. The average molecular weight is 262 g/mol. The Bertz CT molecular complexity index is 563. The van der Waals surface area contributed by atoms with Gasteiger partial charge < -0.3 is 20.2 Å². The summed E-state index contributed by atoms with van der Waals surface area (Å²) in [6.45, 7) is 3.21. The molecule has 0 saturated heterocycles. The van der Waals surface area contributed by atoms with E-state index in [-0.39, 0.29) is 11.8 Å². The molecular formula is C14H18N2O3. The number of phenolic OH excluding ortho intramolecular Hbond substituents is 1. The van der Waals surface area contributed by atoms with Gasteiger partial charge in [0.25, 0.3) is 0 Å². The molecule has 2 rings (SSSR count). The first-order chi connectivity index (χ1) is 9.20. The highest BCUT2D eigenvalue weighted by Gasteiger charge is 2.07. The number of phenols is 1. The van der Waals surface area contributed by atoms with Gasteiger partial charge in [0.1, 0.15) is 11.3 Å². The fourth-order valence-corrected chi connectivity index (χ4v) is 1.88. The van der Waals surface area contributed by atoms with Crippen molar-refractivity contribution in [3.63, 3.8) is 0 Å². The molecule has 0 atom stereocenters. The summed E-state index contributed by atoms with van der Waals surface area (Å²) in [7, 11) is 0. The summed E-state index contributed by atoms with van der Waals surface area (Å²) in [6, 6.07) is 4.84. The number of fused-ring (bicyclic) bond motifs is 1. The standard InChI is InChI=1S/C14H18N2O3/c1-2-6-15-14(18)16-7-5-10-9-19-13-4-3-11(17)8-12(10)13/h3-4,8-9,17H,2,5-7H2,1H3,(H2,15,16,18). The van der Waals surface area contributed by atoms with Crippen molar-refractivity contribution in [3.8, 4) is 5.75 Å². The number of amides is 2. The van der Waals surface area contributed by atoms with E-state index in [9.17, 15) is 9.90 Å². The maximum absolute atomic E-state index is 11.4. The van der Waals surface area contributed by atoms with Crippen LogP contribution in [0.15, 0.2) is 28.9 Å². The SMILES string of the molecule is CCCNC(=O)NCCc1coc2ccc(O)cc12. The second-order valence-corrected chi connectivity index (χ2v) is 4.37. The highest BCUT2D eigenvalue weighted by Crippen LogP contribution is 2.25. The molecule has 0 fully saturated rings. The van der Waals surface area contributed by atoms with Gasteiger partial charge in [-0.1, -0.05) is 6.92 Å². The van der Waals surface area contributed by atoms with Gasteiger partial charge in [0.05, 0.1) is 6.26 Å². The van der Waals surface area contributed by atoms with Gasteiger partial charge >= 0.3 is 6.03 Å². The maximum atomic E-state index is 11.4. The molecule has 0 aliphatic carbocycles. The van der Waals surface area contributed by atoms with E-state index in [1.807, 2.05) is 6.92 Å². The van der Waals surface area contributed by atoms with Crippen LogP contribution >= 0.6 is 0 Å². The smallest absolute Gasteiger partial charge is 0.314 e. The normalized spacial score (nSPS) is 10.6. The Morgan fingerprint density at radius 2 is 2.11 bits per heavy atom. The molecule has 0 radical (unpaired) electrons. The van der Waals surface area contributed by atoms with Crippen LogP contribution in [0.1, 0.15) is 18.9 Å². The van der Waals surface area contributed by atoms with Gasteiger partial charge in [-0.3, -0.25) is 0 Å². The van der Waals surface area contributed by atoms with Crippen LogP contribution in [0.2, 0.25) is 0 Å². The molecule has 0 bridgehead atoms. The number of furan rings is 1. The molecule has 19 heavy (non-hydrogen) atoms. The predicted molar refractivity (Wildman–Crippen MR) is 73.3 cm³/mol. The lowest BCUT2D eigenvalue weighted by molar-refractivity contribution is 0.241. The van der Waals surface area contributed by atoms with Crippen molar-refractivity contribution in [2.45, 2.75) is 19.8 Å². The van der Waals surface area contributed by atoms with Crippen LogP contribution in [0.3, 0.4) is 0 Å². The van der Waals surface area contributed by atoms with E-state index >= 15 is 0 Å². The first-order valence-electron chi connectivity index (χ1n) is 6.41. The zero-order valence-corrected chi connectivity index (χ0v) is 10.9. The van der Waals surface area contributed by atoms with Crippen LogP contribution < -0.4 is 10.6 Å². The van der Waals surface area contributed by atoms with Crippen molar-refractivity contribution in [2.75, 3.05) is 13.1 Å². The minimum Gasteiger partial charge on any atom is -0.508 e. The van der Waals surface area contributed by atoms with Crippen molar-refractivity contribution in [3.05, 3.63) is 30.0 Å².